The standard InChI is InChI=1S/C8H12N4O4/c13-4(14)2-1-3-12-6-5(10-8(12)16)9-7(15)11-6/h5-6H,1-3H2,(H,10,16)(H,13,14)(H2,9,11,15)/t5-,6-/m0/s1. The lowest BCUT2D eigenvalue weighted by Crippen LogP contribution is -2.43. The number of nitrogens with one attached hydrogen (secondary N) is 3. The van der Waals surface area contributed by atoms with Crippen LogP contribution in [0, 0.1) is 0 Å². The van der Waals surface area contributed by atoms with Gasteiger partial charge < -0.3 is 26.0 Å². The van der Waals surface area contributed by atoms with E-state index in [4.69, 9.17) is 5.11 Å². The predicted octanol–water partition coefficient (Wildman–Crippen LogP) is -1.16. The van der Waals surface area contributed by atoms with Crippen LogP contribution >= 0.6 is 0 Å². The van der Waals surface area contributed by atoms with Crippen LogP contribution in [0.2, 0.25) is 0 Å². The van der Waals surface area contributed by atoms with Crippen molar-refractivity contribution in [3.05, 3.63) is 0 Å². The molecule has 8 nitrogen and oxygen atoms in total. The summed E-state index contributed by atoms with van der Waals surface area (Å²) in [4.78, 5) is 34.2. The molecule has 0 saturated carbocycles. The van der Waals surface area contributed by atoms with Gasteiger partial charge in [0.1, 0.15) is 12.3 Å². The summed E-state index contributed by atoms with van der Waals surface area (Å²) in [6, 6.07) is -0.633. The van der Waals surface area contributed by atoms with Crippen LogP contribution in [0.1, 0.15) is 12.8 Å². The number of urea groups is 2. The Bertz CT molecular complexity index is 345. The molecule has 2 fully saturated rings. The number of nitrogens with zero attached hydrogens (tertiary/aromatic N) is 1. The van der Waals surface area contributed by atoms with Crippen molar-refractivity contribution in [3.8, 4) is 0 Å². The molecule has 0 aromatic carbocycles. The normalized spacial score (nSPS) is 27.1. The molecule has 2 saturated heterocycles. The number of carboxylic acids is 1. The molecule has 16 heavy (non-hydrogen) atoms. The van der Waals surface area contributed by atoms with Gasteiger partial charge in [0.2, 0.25) is 0 Å². The highest BCUT2D eigenvalue weighted by molar-refractivity contribution is 5.84. The lowest BCUT2D eigenvalue weighted by atomic mass is 10.3. The fraction of sp³-hybridized carbons (Fsp3) is 0.625. The van der Waals surface area contributed by atoms with Crippen LogP contribution in [0.4, 0.5) is 9.59 Å². The molecule has 2 heterocycles. The number of carbonyl (C=O) groups excluding carboxylic acids is 2. The molecule has 2 atom stereocenters. The van der Waals surface area contributed by atoms with Crippen molar-refractivity contribution in [3.63, 3.8) is 0 Å². The summed E-state index contributed by atoms with van der Waals surface area (Å²) in [5.41, 5.74) is 0. The number of rotatable bonds is 4. The SMILES string of the molecule is O=C(O)CCCN1C(=O)N[C@@H]2NC(=O)N[C@H]21. The number of amides is 4. The van der Waals surface area contributed by atoms with Crippen molar-refractivity contribution in [2.24, 2.45) is 0 Å². The maximum atomic E-state index is 11.4. The van der Waals surface area contributed by atoms with Crippen LogP contribution in [-0.4, -0.2) is 46.9 Å². The second kappa shape index (κ2) is 3.87. The first-order chi connectivity index (χ1) is 7.58. The van der Waals surface area contributed by atoms with E-state index in [1.54, 1.807) is 0 Å². The molecule has 0 spiro atoms. The molecule has 88 valence electrons. The summed E-state index contributed by atoms with van der Waals surface area (Å²) in [7, 11) is 0. The van der Waals surface area contributed by atoms with Crippen LogP contribution in [0.15, 0.2) is 0 Å². The second-order valence-electron chi connectivity index (χ2n) is 3.68. The summed E-state index contributed by atoms with van der Waals surface area (Å²) in [6.07, 6.45) is -0.483. The van der Waals surface area contributed by atoms with E-state index in [1.165, 1.54) is 4.90 Å². The van der Waals surface area contributed by atoms with Crippen LogP contribution in [-0.2, 0) is 4.79 Å². The van der Waals surface area contributed by atoms with Gasteiger partial charge in [0.25, 0.3) is 0 Å². The Morgan fingerprint density at radius 1 is 1.31 bits per heavy atom. The minimum Gasteiger partial charge on any atom is -0.481 e. The summed E-state index contributed by atoms with van der Waals surface area (Å²) < 4.78 is 0. The number of carbonyl (C=O) groups is 3. The highest BCUT2D eigenvalue weighted by Crippen LogP contribution is 2.14. The molecule has 0 unspecified atom stereocenters. The lowest BCUT2D eigenvalue weighted by Gasteiger charge is -2.20. The van der Waals surface area contributed by atoms with Gasteiger partial charge in [-0.2, -0.15) is 0 Å². The van der Waals surface area contributed by atoms with Crippen molar-refractivity contribution in [2.45, 2.75) is 25.2 Å². The van der Waals surface area contributed by atoms with Gasteiger partial charge in [-0.1, -0.05) is 0 Å². The van der Waals surface area contributed by atoms with Gasteiger partial charge in [0.05, 0.1) is 0 Å². The first-order valence-corrected chi connectivity index (χ1v) is 4.94. The molecule has 0 bridgehead atoms. The highest BCUT2D eigenvalue weighted by atomic mass is 16.4. The van der Waals surface area contributed by atoms with E-state index in [2.05, 4.69) is 16.0 Å². The summed E-state index contributed by atoms with van der Waals surface area (Å²) in [5, 5.41) is 16.2. The van der Waals surface area contributed by atoms with Crippen LogP contribution < -0.4 is 16.0 Å². The topological polar surface area (TPSA) is 111 Å². The minimum atomic E-state index is -0.898. The molecular weight excluding hydrogens is 216 g/mol. The molecule has 8 heteroatoms. The third-order valence-corrected chi connectivity index (χ3v) is 2.55. The van der Waals surface area contributed by atoms with Gasteiger partial charge >= 0.3 is 18.0 Å². The molecular formula is C8H12N4O4. The van der Waals surface area contributed by atoms with Gasteiger partial charge in [-0.15, -0.1) is 0 Å². The Morgan fingerprint density at radius 2 is 2.06 bits per heavy atom. The Morgan fingerprint density at radius 3 is 2.75 bits per heavy atom. The maximum Gasteiger partial charge on any atom is 0.320 e. The molecule has 4 amide bonds. The molecule has 2 aliphatic rings. The van der Waals surface area contributed by atoms with E-state index < -0.39 is 18.3 Å². The van der Waals surface area contributed by atoms with Gasteiger partial charge in [0, 0.05) is 13.0 Å². The summed E-state index contributed by atoms with van der Waals surface area (Å²) in [6.45, 7) is 0.307. The summed E-state index contributed by atoms with van der Waals surface area (Å²) in [5.74, 6) is -0.898. The van der Waals surface area contributed by atoms with E-state index in [9.17, 15) is 14.4 Å². The molecule has 2 rings (SSSR count). The van der Waals surface area contributed by atoms with Crippen molar-refractivity contribution in [1.82, 2.24) is 20.9 Å². The van der Waals surface area contributed by atoms with Crippen molar-refractivity contribution >= 4 is 18.0 Å². The molecule has 2 aliphatic heterocycles. The smallest absolute Gasteiger partial charge is 0.320 e. The molecule has 0 aromatic rings. The molecule has 0 radical (unpaired) electrons. The maximum absolute atomic E-state index is 11.4. The van der Waals surface area contributed by atoms with Gasteiger partial charge in [-0.3, -0.25) is 4.79 Å². The van der Waals surface area contributed by atoms with E-state index in [0.717, 1.165) is 0 Å². The Balaban J connectivity index is 1.90. The monoisotopic (exact) mass is 228 g/mol. The lowest BCUT2D eigenvalue weighted by molar-refractivity contribution is -0.137. The van der Waals surface area contributed by atoms with E-state index >= 15 is 0 Å². The molecule has 0 aliphatic carbocycles. The van der Waals surface area contributed by atoms with E-state index in [0.29, 0.717) is 13.0 Å². The Labute approximate surface area is 91.0 Å². The number of fused-ring (bicyclic) bond motifs is 1. The quantitative estimate of drug-likeness (QED) is 0.486. The zero-order valence-corrected chi connectivity index (χ0v) is 8.40. The first-order valence-electron chi connectivity index (χ1n) is 4.94. The van der Waals surface area contributed by atoms with E-state index in [1.807, 2.05) is 0 Å². The van der Waals surface area contributed by atoms with Crippen molar-refractivity contribution in [2.75, 3.05) is 6.54 Å². The number of hydrogen-bond acceptors (Lipinski definition) is 3. The second-order valence-corrected chi connectivity index (χ2v) is 3.68. The van der Waals surface area contributed by atoms with E-state index in [-0.39, 0.29) is 18.5 Å². The number of hydrogen-bond donors (Lipinski definition) is 4. The van der Waals surface area contributed by atoms with Crippen LogP contribution in [0.5, 0.6) is 0 Å². The largest absolute Gasteiger partial charge is 0.481 e. The average molecular weight is 228 g/mol. The average Bonchev–Trinajstić information content (AvgIpc) is 2.64. The highest BCUT2D eigenvalue weighted by Gasteiger charge is 2.44. The van der Waals surface area contributed by atoms with Crippen molar-refractivity contribution in [1.29, 1.82) is 0 Å². The minimum absolute atomic E-state index is 0.00252. The number of carboxylic acid groups (broad SMARTS) is 1. The number of aliphatic carboxylic acids is 1. The third-order valence-electron chi connectivity index (χ3n) is 2.55. The zero-order chi connectivity index (χ0) is 11.7. The molecule has 4 N–H and O–H groups in total. The van der Waals surface area contributed by atoms with Crippen molar-refractivity contribution < 1.29 is 19.5 Å². The van der Waals surface area contributed by atoms with Gasteiger partial charge in [0.15, 0.2) is 0 Å². The zero-order valence-electron chi connectivity index (χ0n) is 8.40. The fourth-order valence-electron chi connectivity index (χ4n) is 1.84. The fourth-order valence-corrected chi connectivity index (χ4v) is 1.84. The van der Waals surface area contributed by atoms with Crippen LogP contribution in [0.25, 0.3) is 0 Å². The molecule has 0 aromatic heterocycles. The van der Waals surface area contributed by atoms with Gasteiger partial charge in [-0.25, -0.2) is 9.59 Å². The Kier molecular flexibility index (Phi) is 2.55. The predicted molar refractivity (Wildman–Crippen MR) is 51.4 cm³/mol. The first kappa shape index (κ1) is 10.5. The van der Waals surface area contributed by atoms with Gasteiger partial charge in [-0.05, 0) is 6.42 Å². The summed E-state index contributed by atoms with van der Waals surface area (Å²) >= 11 is 0. The third kappa shape index (κ3) is 1.86. The van der Waals surface area contributed by atoms with Crippen LogP contribution in [0.3, 0.4) is 0 Å². The Hall–Kier alpha value is -1.99.